The Hall–Kier alpha value is -5.18. The van der Waals surface area contributed by atoms with Gasteiger partial charge in [-0.25, -0.2) is 0 Å². The molecule has 0 unspecified atom stereocenters. The van der Waals surface area contributed by atoms with E-state index < -0.39 is 0 Å². The average molecular weight is 629 g/mol. The van der Waals surface area contributed by atoms with Crippen molar-refractivity contribution in [2.24, 2.45) is 0 Å². The zero-order valence-corrected chi connectivity index (χ0v) is 25.7. The van der Waals surface area contributed by atoms with Crippen LogP contribution < -0.4 is 4.90 Å². The molecule has 210 valence electrons. The van der Waals surface area contributed by atoms with Crippen LogP contribution in [0.2, 0.25) is 0 Å². The number of para-hydroxylation sites is 1. The van der Waals surface area contributed by atoms with E-state index in [9.17, 15) is 0 Å². The van der Waals surface area contributed by atoms with E-state index in [4.69, 9.17) is 0 Å². The van der Waals surface area contributed by atoms with Crippen LogP contribution >= 0.6 is 15.9 Å². The van der Waals surface area contributed by atoms with E-state index in [2.05, 4.69) is 203 Å². The van der Waals surface area contributed by atoms with Crippen LogP contribution in [0.5, 0.6) is 0 Å². The molecule has 2 heteroatoms. The fourth-order valence-corrected chi connectivity index (χ4v) is 6.19. The third kappa shape index (κ3) is 5.86. The lowest BCUT2D eigenvalue weighted by Crippen LogP contribution is -2.11. The molecule has 0 amide bonds. The Bertz CT molecular complexity index is 1760. The molecule has 0 N–H and O–H groups in total. The van der Waals surface area contributed by atoms with Crippen LogP contribution in [0.15, 0.2) is 186 Å². The van der Waals surface area contributed by atoms with Crippen molar-refractivity contribution >= 4 is 33.0 Å². The lowest BCUT2D eigenvalue weighted by molar-refractivity contribution is 1.27. The first kappa shape index (κ1) is 27.6. The van der Waals surface area contributed by atoms with Crippen LogP contribution in [0.1, 0.15) is 0 Å². The fourth-order valence-electron chi connectivity index (χ4n) is 5.73. The molecule has 0 spiro atoms. The summed E-state index contributed by atoms with van der Waals surface area (Å²) in [6, 6.07) is 64.8. The molecular formula is C42H30BrN. The molecule has 7 rings (SSSR count). The molecule has 44 heavy (non-hydrogen) atoms. The predicted octanol–water partition coefficient (Wildman–Crippen LogP) is 12.6. The predicted molar refractivity (Wildman–Crippen MR) is 191 cm³/mol. The van der Waals surface area contributed by atoms with Gasteiger partial charge in [0.2, 0.25) is 0 Å². The molecule has 0 aliphatic rings. The van der Waals surface area contributed by atoms with Crippen molar-refractivity contribution in [3.63, 3.8) is 0 Å². The molecule has 0 radical (unpaired) electrons. The Labute approximate surface area is 267 Å². The van der Waals surface area contributed by atoms with Crippen molar-refractivity contribution in [3.05, 3.63) is 186 Å². The molecule has 0 aliphatic carbocycles. The molecule has 0 aliphatic heterocycles. The van der Waals surface area contributed by atoms with E-state index in [1.165, 1.54) is 44.5 Å². The highest BCUT2D eigenvalue weighted by atomic mass is 79.9. The number of benzene rings is 7. The van der Waals surface area contributed by atoms with Gasteiger partial charge >= 0.3 is 0 Å². The zero-order valence-electron chi connectivity index (χ0n) is 24.1. The van der Waals surface area contributed by atoms with Gasteiger partial charge in [0.25, 0.3) is 0 Å². The molecule has 7 aromatic rings. The van der Waals surface area contributed by atoms with Gasteiger partial charge in [-0.15, -0.1) is 0 Å². The SMILES string of the molecule is Brc1ccccc1N(c1cc(-c2ccccc2)cc(-c2ccccc2)c1)c1cc(-c2ccccc2)cc(-c2ccccc2)c1. The van der Waals surface area contributed by atoms with E-state index in [0.717, 1.165) is 21.5 Å². The molecule has 0 fully saturated rings. The van der Waals surface area contributed by atoms with Gasteiger partial charge in [-0.1, -0.05) is 133 Å². The smallest absolute Gasteiger partial charge is 0.0603 e. The minimum atomic E-state index is 1.03. The van der Waals surface area contributed by atoms with Crippen LogP contribution in [-0.2, 0) is 0 Å². The summed E-state index contributed by atoms with van der Waals surface area (Å²) in [5.41, 5.74) is 12.6. The van der Waals surface area contributed by atoms with E-state index >= 15 is 0 Å². The normalized spacial score (nSPS) is 10.8. The second-order valence-electron chi connectivity index (χ2n) is 10.8. The lowest BCUT2D eigenvalue weighted by atomic mass is 9.95. The molecule has 0 bridgehead atoms. The topological polar surface area (TPSA) is 3.24 Å². The van der Waals surface area contributed by atoms with Crippen molar-refractivity contribution in [1.82, 2.24) is 0 Å². The lowest BCUT2D eigenvalue weighted by Gasteiger charge is -2.29. The van der Waals surface area contributed by atoms with Gasteiger partial charge in [-0.2, -0.15) is 0 Å². The van der Waals surface area contributed by atoms with E-state index in [1.807, 2.05) is 0 Å². The summed E-state index contributed by atoms with van der Waals surface area (Å²) in [6.07, 6.45) is 0. The molecular weight excluding hydrogens is 598 g/mol. The highest BCUT2D eigenvalue weighted by molar-refractivity contribution is 9.10. The Morgan fingerprint density at radius 1 is 0.295 bits per heavy atom. The third-order valence-electron chi connectivity index (χ3n) is 7.87. The first-order valence-electron chi connectivity index (χ1n) is 14.8. The minimum absolute atomic E-state index is 1.03. The zero-order chi connectivity index (χ0) is 29.7. The van der Waals surface area contributed by atoms with E-state index in [-0.39, 0.29) is 0 Å². The molecule has 1 nitrogen and oxygen atoms in total. The molecule has 0 atom stereocenters. The first-order valence-corrected chi connectivity index (χ1v) is 15.6. The summed E-state index contributed by atoms with van der Waals surface area (Å²) >= 11 is 3.90. The van der Waals surface area contributed by atoms with Crippen molar-refractivity contribution in [1.29, 1.82) is 0 Å². The minimum Gasteiger partial charge on any atom is -0.309 e. The molecule has 0 aromatic heterocycles. The summed E-state index contributed by atoms with van der Waals surface area (Å²) in [5.74, 6) is 0. The van der Waals surface area contributed by atoms with Gasteiger partial charge < -0.3 is 4.90 Å². The number of anilines is 3. The maximum Gasteiger partial charge on any atom is 0.0603 e. The Morgan fingerprint density at radius 3 is 0.909 bits per heavy atom. The maximum absolute atomic E-state index is 3.90. The number of rotatable bonds is 7. The number of nitrogens with zero attached hydrogens (tertiary/aromatic N) is 1. The summed E-state index contributed by atoms with van der Waals surface area (Å²) in [7, 11) is 0. The maximum atomic E-state index is 3.90. The van der Waals surface area contributed by atoms with Gasteiger partial charge in [0.1, 0.15) is 0 Å². The summed E-state index contributed by atoms with van der Waals surface area (Å²) in [5, 5.41) is 0. The standard InChI is InChI=1S/C42H30BrN/c43-41-23-13-14-24-42(41)44(39-27-35(31-15-5-1-6-16-31)25-36(28-39)32-17-7-2-8-18-32)40-29-37(33-19-9-3-10-20-33)26-38(30-40)34-21-11-4-12-22-34/h1-30H. The van der Waals surface area contributed by atoms with Crippen LogP contribution in [0, 0.1) is 0 Å². The Kier molecular flexibility index (Phi) is 7.91. The summed E-state index contributed by atoms with van der Waals surface area (Å²) < 4.78 is 1.03. The highest BCUT2D eigenvalue weighted by Gasteiger charge is 2.19. The first-order chi connectivity index (χ1) is 21.7. The molecule has 7 aromatic carbocycles. The van der Waals surface area contributed by atoms with Crippen molar-refractivity contribution < 1.29 is 0 Å². The Morgan fingerprint density at radius 2 is 0.591 bits per heavy atom. The van der Waals surface area contributed by atoms with Crippen molar-refractivity contribution in [3.8, 4) is 44.5 Å². The van der Waals surface area contributed by atoms with E-state index in [0.29, 0.717) is 0 Å². The number of hydrogen-bond donors (Lipinski definition) is 0. The quantitative estimate of drug-likeness (QED) is 0.170. The second kappa shape index (κ2) is 12.6. The Balaban J connectivity index is 1.51. The van der Waals surface area contributed by atoms with E-state index in [1.54, 1.807) is 0 Å². The van der Waals surface area contributed by atoms with Gasteiger partial charge in [-0.3, -0.25) is 0 Å². The number of hydrogen-bond acceptors (Lipinski definition) is 1. The molecule has 0 saturated carbocycles. The molecule has 0 heterocycles. The third-order valence-corrected chi connectivity index (χ3v) is 8.54. The summed E-state index contributed by atoms with van der Waals surface area (Å²) in [6.45, 7) is 0. The second-order valence-corrected chi connectivity index (χ2v) is 11.6. The van der Waals surface area contributed by atoms with Gasteiger partial charge in [0.15, 0.2) is 0 Å². The van der Waals surface area contributed by atoms with Gasteiger partial charge in [0.05, 0.1) is 5.69 Å². The van der Waals surface area contributed by atoms with Crippen molar-refractivity contribution in [2.75, 3.05) is 4.90 Å². The average Bonchev–Trinajstić information content (AvgIpc) is 3.10. The summed E-state index contributed by atoms with van der Waals surface area (Å²) in [4.78, 5) is 2.38. The van der Waals surface area contributed by atoms with Crippen LogP contribution in [-0.4, -0.2) is 0 Å². The van der Waals surface area contributed by atoms with Gasteiger partial charge in [0, 0.05) is 15.8 Å². The van der Waals surface area contributed by atoms with Crippen LogP contribution in [0.3, 0.4) is 0 Å². The van der Waals surface area contributed by atoms with Crippen molar-refractivity contribution in [2.45, 2.75) is 0 Å². The van der Waals surface area contributed by atoms with Crippen LogP contribution in [0.25, 0.3) is 44.5 Å². The van der Waals surface area contributed by atoms with Crippen LogP contribution in [0.4, 0.5) is 17.1 Å². The number of halogens is 1. The fraction of sp³-hybridized carbons (Fsp3) is 0. The molecule has 0 saturated heterocycles. The largest absolute Gasteiger partial charge is 0.309 e. The monoisotopic (exact) mass is 627 g/mol. The van der Waals surface area contributed by atoms with Gasteiger partial charge in [-0.05, 0) is 109 Å². The highest BCUT2D eigenvalue weighted by Crippen LogP contribution is 2.44.